The van der Waals surface area contributed by atoms with Crippen LogP contribution in [-0.2, 0) is 14.8 Å². The highest BCUT2D eigenvalue weighted by Gasteiger charge is 2.26. The Morgan fingerprint density at radius 2 is 2.07 bits per heavy atom. The van der Waals surface area contributed by atoms with Gasteiger partial charge in [-0.3, -0.25) is 0 Å². The first-order valence-electron chi connectivity index (χ1n) is 10.0. The van der Waals surface area contributed by atoms with Crippen LogP contribution < -0.4 is 4.90 Å². The molecule has 3 aromatic heterocycles. The first-order valence-corrected chi connectivity index (χ1v) is 11.6. The van der Waals surface area contributed by atoms with Crippen LogP contribution in [0, 0.1) is 0 Å². The van der Waals surface area contributed by atoms with Crippen molar-refractivity contribution in [2.45, 2.75) is 19.9 Å². The molecular weight excluding hydrogens is 402 g/mol. The number of H-pyrrole nitrogens is 1. The van der Waals surface area contributed by atoms with E-state index in [9.17, 15) is 8.42 Å². The van der Waals surface area contributed by atoms with Gasteiger partial charge in [-0.05, 0) is 32.0 Å². The maximum Gasteiger partial charge on any atom is 0.239 e. The third-order valence-corrected chi connectivity index (χ3v) is 7.25. The second kappa shape index (κ2) is 7.10. The number of aromatic nitrogens is 4. The van der Waals surface area contributed by atoms with Gasteiger partial charge < -0.3 is 14.6 Å². The summed E-state index contributed by atoms with van der Waals surface area (Å²) in [5.74, 6) is 1.24. The lowest BCUT2D eigenvalue weighted by Crippen LogP contribution is -2.44. The lowest BCUT2D eigenvalue weighted by Gasteiger charge is -2.34. The Morgan fingerprint density at radius 1 is 1.20 bits per heavy atom. The zero-order valence-electron chi connectivity index (χ0n) is 16.9. The van der Waals surface area contributed by atoms with Crippen molar-refractivity contribution >= 4 is 37.8 Å². The molecule has 4 heterocycles. The van der Waals surface area contributed by atoms with Gasteiger partial charge >= 0.3 is 0 Å². The fourth-order valence-electron chi connectivity index (χ4n) is 4.00. The van der Waals surface area contributed by atoms with Crippen LogP contribution in [0.15, 0.2) is 42.7 Å². The van der Waals surface area contributed by atoms with Crippen LogP contribution >= 0.6 is 0 Å². The van der Waals surface area contributed by atoms with E-state index in [0.29, 0.717) is 31.2 Å². The fourth-order valence-corrected chi connectivity index (χ4v) is 4.93. The highest BCUT2D eigenvalue weighted by atomic mass is 32.2. The normalized spacial score (nSPS) is 17.8. The quantitative estimate of drug-likeness (QED) is 0.540. The predicted molar refractivity (Wildman–Crippen MR) is 117 cm³/mol. The van der Waals surface area contributed by atoms with E-state index in [0.717, 1.165) is 27.7 Å². The Balaban J connectivity index is 1.81. The summed E-state index contributed by atoms with van der Waals surface area (Å²) in [6, 6.07) is 9.80. The van der Waals surface area contributed by atoms with Gasteiger partial charge in [0.05, 0.1) is 30.4 Å². The topological polar surface area (TPSA) is 93.1 Å². The molecule has 0 spiro atoms. The number of morpholine rings is 1. The zero-order chi connectivity index (χ0) is 20.9. The third-order valence-electron chi connectivity index (χ3n) is 5.63. The van der Waals surface area contributed by atoms with Crippen LogP contribution in [0.2, 0.25) is 0 Å². The molecule has 1 saturated heterocycles. The molecule has 30 heavy (non-hydrogen) atoms. The zero-order valence-corrected chi connectivity index (χ0v) is 17.7. The van der Waals surface area contributed by atoms with E-state index in [1.807, 2.05) is 30.5 Å². The molecule has 0 amide bonds. The number of hydrogen-bond donors (Lipinski definition) is 1. The van der Waals surface area contributed by atoms with Crippen molar-refractivity contribution in [2.24, 2.45) is 0 Å². The van der Waals surface area contributed by atoms with Crippen molar-refractivity contribution in [1.82, 2.24) is 18.9 Å². The molecule has 4 aromatic rings. The van der Waals surface area contributed by atoms with Crippen molar-refractivity contribution < 1.29 is 13.2 Å². The largest absolute Gasteiger partial charge is 0.377 e. The van der Waals surface area contributed by atoms with Crippen LogP contribution in [0.3, 0.4) is 0 Å². The lowest BCUT2D eigenvalue weighted by atomic mass is 10.1. The minimum Gasteiger partial charge on any atom is -0.377 e. The molecule has 0 bridgehead atoms. The molecule has 0 saturated carbocycles. The van der Waals surface area contributed by atoms with E-state index in [2.05, 4.69) is 16.8 Å². The van der Waals surface area contributed by atoms with Crippen molar-refractivity contribution in [1.29, 1.82) is 0 Å². The number of nitrogens with one attached hydrogen (secondary N) is 1. The van der Waals surface area contributed by atoms with Crippen LogP contribution in [0.25, 0.3) is 33.3 Å². The smallest absolute Gasteiger partial charge is 0.239 e. The van der Waals surface area contributed by atoms with Crippen LogP contribution in [0.4, 0.5) is 5.82 Å². The number of nitrogens with zero attached hydrogens (tertiary/aromatic N) is 4. The van der Waals surface area contributed by atoms with Gasteiger partial charge in [0.15, 0.2) is 11.5 Å². The molecule has 0 aliphatic carbocycles. The predicted octanol–water partition coefficient (Wildman–Crippen LogP) is 3.00. The van der Waals surface area contributed by atoms with Crippen molar-refractivity contribution in [3.63, 3.8) is 0 Å². The second-order valence-corrected chi connectivity index (χ2v) is 9.62. The minimum absolute atomic E-state index is 0.00714. The first kappa shape index (κ1) is 19.1. The molecule has 0 radical (unpaired) electrons. The molecule has 1 aliphatic heterocycles. The molecule has 1 aromatic carbocycles. The Labute approximate surface area is 174 Å². The van der Waals surface area contributed by atoms with Crippen molar-refractivity contribution in [3.05, 3.63) is 42.7 Å². The second-order valence-electron chi connectivity index (χ2n) is 7.48. The molecule has 1 atom stereocenters. The molecule has 1 N–H and O–H groups in total. The SMILES string of the molecule is CCS(=O)(=O)n1ccc2c(N3CCOC[C@H]3C)nc(-c3cccc4[nH]ccc34)nc21. The fraction of sp³-hybridized carbons (Fsp3) is 0.333. The molecule has 0 unspecified atom stereocenters. The van der Waals surface area contributed by atoms with Gasteiger partial charge in [-0.1, -0.05) is 12.1 Å². The molecule has 1 fully saturated rings. The van der Waals surface area contributed by atoms with E-state index in [1.54, 1.807) is 19.2 Å². The Kier molecular flexibility index (Phi) is 4.52. The van der Waals surface area contributed by atoms with Crippen molar-refractivity contribution in [2.75, 3.05) is 30.4 Å². The summed E-state index contributed by atoms with van der Waals surface area (Å²) in [4.78, 5) is 15.1. The molecule has 9 heteroatoms. The average molecular weight is 426 g/mol. The van der Waals surface area contributed by atoms with E-state index in [4.69, 9.17) is 14.7 Å². The Bertz CT molecular complexity index is 1340. The summed E-state index contributed by atoms with van der Waals surface area (Å²) in [6.07, 6.45) is 3.45. The van der Waals surface area contributed by atoms with Crippen LogP contribution in [0.5, 0.6) is 0 Å². The number of aromatic amines is 1. The molecule has 8 nitrogen and oxygen atoms in total. The number of ether oxygens (including phenoxy) is 1. The number of anilines is 1. The van der Waals surface area contributed by atoms with Gasteiger partial charge in [-0.15, -0.1) is 0 Å². The minimum atomic E-state index is -3.50. The first-order chi connectivity index (χ1) is 14.5. The summed E-state index contributed by atoms with van der Waals surface area (Å²) < 4.78 is 32.3. The summed E-state index contributed by atoms with van der Waals surface area (Å²) in [6.45, 7) is 5.61. The summed E-state index contributed by atoms with van der Waals surface area (Å²) in [7, 11) is -3.50. The van der Waals surface area contributed by atoms with Crippen LogP contribution in [0.1, 0.15) is 13.8 Å². The van der Waals surface area contributed by atoms with Gasteiger partial charge in [0, 0.05) is 35.4 Å². The van der Waals surface area contributed by atoms with Gasteiger partial charge in [0.1, 0.15) is 5.82 Å². The maximum atomic E-state index is 12.7. The summed E-state index contributed by atoms with van der Waals surface area (Å²) in [5, 5.41) is 1.72. The summed E-state index contributed by atoms with van der Waals surface area (Å²) >= 11 is 0. The molecule has 5 rings (SSSR count). The highest BCUT2D eigenvalue weighted by Crippen LogP contribution is 2.33. The number of benzene rings is 1. The van der Waals surface area contributed by atoms with Gasteiger partial charge in [-0.2, -0.15) is 0 Å². The number of hydrogen-bond acceptors (Lipinski definition) is 6. The third kappa shape index (κ3) is 2.96. The number of rotatable bonds is 4. The average Bonchev–Trinajstić information content (AvgIpc) is 3.40. The lowest BCUT2D eigenvalue weighted by molar-refractivity contribution is 0.0987. The Hall–Kier alpha value is -2.91. The van der Waals surface area contributed by atoms with E-state index in [-0.39, 0.29) is 11.8 Å². The standard InChI is InChI=1S/C21H23N5O3S/c1-3-30(27,28)26-10-8-17-20(25-11-12-29-13-14(25)2)23-19(24-21(17)26)16-5-4-6-18-15(16)7-9-22-18/h4-10,14,22H,3,11-13H2,1-2H3/t14-/m1/s1. The monoisotopic (exact) mass is 425 g/mol. The van der Waals surface area contributed by atoms with Gasteiger partial charge in [-0.25, -0.2) is 22.4 Å². The van der Waals surface area contributed by atoms with E-state index >= 15 is 0 Å². The Morgan fingerprint density at radius 3 is 2.87 bits per heavy atom. The maximum absolute atomic E-state index is 12.7. The van der Waals surface area contributed by atoms with Gasteiger partial charge in [0.2, 0.25) is 10.0 Å². The van der Waals surface area contributed by atoms with E-state index in [1.165, 1.54) is 3.97 Å². The molecule has 1 aliphatic rings. The molecule has 156 valence electrons. The number of fused-ring (bicyclic) bond motifs is 2. The van der Waals surface area contributed by atoms with Crippen molar-refractivity contribution in [3.8, 4) is 11.4 Å². The summed E-state index contributed by atoms with van der Waals surface area (Å²) in [5.41, 5.74) is 2.25. The van der Waals surface area contributed by atoms with E-state index < -0.39 is 10.0 Å². The van der Waals surface area contributed by atoms with Crippen LogP contribution in [-0.4, -0.2) is 58.9 Å². The highest BCUT2D eigenvalue weighted by molar-refractivity contribution is 7.90. The van der Waals surface area contributed by atoms with Gasteiger partial charge in [0.25, 0.3) is 0 Å². The molecular formula is C21H23N5O3S.